The molecule has 1 atom stereocenters. The molecule has 3 aromatic rings. The van der Waals surface area contributed by atoms with Gasteiger partial charge < -0.3 is 20.4 Å². The zero-order valence-electron chi connectivity index (χ0n) is 17.0. The van der Waals surface area contributed by atoms with Gasteiger partial charge >= 0.3 is 0 Å². The van der Waals surface area contributed by atoms with Crippen molar-refractivity contribution in [3.63, 3.8) is 0 Å². The SMILES string of the molecule is COc1ccc(C(=O)NCCc2nc3ccccc3c(=O)[nH]2)cc1CC1CCNC1. The van der Waals surface area contributed by atoms with Crippen LogP contribution < -0.4 is 20.9 Å². The quantitative estimate of drug-likeness (QED) is 0.558. The highest BCUT2D eigenvalue weighted by Gasteiger charge is 2.18. The molecule has 156 valence electrons. The van der Waals surface area contributed by atoms with Crippen LogP contribution in [0.3, 0.4) is 0 Å². The van der Waals surface area contributed by atoms with E-state index >= 15 is 0 Å². The smallest absolute Gasteiger partial charge is 0.258 e. The summed E-state index contributed by atoms with van der Waals surface area (Å²) in [6, 6.07) is 12.8. The molecule has 7 nitrogen and oxygen atoms in total. The van der Waals surface area contributed by atoms with Crippen LogP contribution in [0.15, 0.2) is 47.3 Å². The molecule has 0 spiro atoms. The molecule has 7 heteroatoms. The topological polar surface area (TPSA) is 96.1 Å². The molecule has 0 radical (unpaired) electrons. The lowest BCUT2D eigenvalue weighted by Crippen LogP contribution is -2.27. The Labute approximate surface area is 174 Å². The van der Waals surface area contributed by atoms with E-state index < -0.39 is 0 Å². The van der Waals surface area contributed by atoms with E-state index in [4.69, 9.17) is 4.74 Å². The molecular formula is C23H26N4O3. The van der Waals surface area contributed by atoms with Gasteiger partial charge in [-0.05, 0) is 67.7 Å². The number of hydrogen-bond donors (Lipinski definition) is 3. The molecule has 3 N–H and O–H groups in total. The number of ether oxygens (including phenoxy) is 1. The van der Waals surface area contributed by atoms with Gasteiger partial charge in [0.25, 0.3) is 11.5 Å². The van der Waals surface area contributed by atoms with Crippen molar-refractivity contribution in [3.8, 4) is 5.75 Å². The van der Waals surface area contributed by atoms with Crippen molar-refractivity contribution in [1.29, 1.82) is 0 Å². The van der Waals surface area contributed by atoms with Gasteiger partial charge in [-0.15, -0.1) is 0 Å². The molecule has 1 fully saturated rings. The van der Waals surface area contributed by atoms with E-state index in [2.05, 4.69) is 20.6 Å². The van der Waals surface area contributed by atoms with Gasteiger partial charge in [-0.25, -0.2) is 4.98 Å². The summed E-state index contributed by atoms with van der Waals surface area (Å²) in [5.41, 5.74) is 2.16. The molecular weight excluding hydrogens is 380 g/mol. The zero-order valence-corrected chi connectivity index (χ0v) is 17.0. The number of methoxy groups -OCH3 is 1. The number of fused-ring (bicyclic) bond motifs is 1. The van der Waals surface area contributed by atoms with Crippen LogP contribution in [-0.4, -0.2) is 42.6 Å². The average Bonchev–Trinajstić information content (AvgIpc) is 3.27. The van der Waals surface area contributed by atoms with Gasteiger partial charge in [0.15, 0.2) is 0 Å². The number of nitrogens with zero attached hydrogens (tertiary/aromatic N) is 1. The Bertz CT molecular complexity index is 1100. The van der Waals surface area contributed by atoms with E-state index in [1.807, 2.05) is 30.3 Å². The van der Waals surface area contributed by atoms with Gasteiger partial charge in [0.1, 0.15) is 11.6 Å². The van der Waals surface area contributed by atoms with Crippen LogP contribution in [0.2, 0.25) is 0 Å². The van der Waals surface area contributed by atoms with E-state index in [9.17, 15) is 9.59 Å². The number of nitrogens with one attached hydrogen (secondary N) is 3. The maximum atomic E-state index is 12.6. The predicted molar refractivity (Wildman–Crippen MR) is 116 cm³/mol. The molecule has 30 heavy (non-hydrogen) atoms. The Kier molecular flexibility index (Phi) is 6.09. The van der Waals surface area contributed by atoms with E-state index in [0.29, 0.717) is 41.2 Å². The maximum absolute atomic E-state index is 12.6. The number of rotatable bonds is 7. The molecule has 4 rings (SSSR count). The zero-order chi connectivity index (χ0) is 20.9. The fourth-order valence-electron chi connectivity index (χ4n) is 3.93. The molecule has 1 saturated heterocycles. The molecule has 0 saturated carbocycles. The standard InChI is InChI=1S/C23H26N4O3/c1-30-20-7-6-16(13-17(20)12-15-8-10-24-14-15)22(28)25-11-9-21-26-19-5-3-2-4-18(19)23(29)27-21/h2-7,13,15,24H,8-12,14H2,1H3,(H,25,28)(H,26,27,29). The Morgan fingerprint density at radius 1 is 1.27 bits per heavy atom. The normalized spacial score (nSPS) is 16.0. The molecule has 1 unspecified atom stereocenters. The van der Waals surface area contributed by atoms with Crippen LogP contribution in [0.1, 0.15) is 28.2 Å². The maximum Gasteiger partial charge on any atom is 0.258 e. The second kappa shape index (κ2) is 9.09. The number of amides is 1. The van der Waals surface area contributed by atoms with Crippen LogP contribution in [0.25, 0.3) is 10.9 Å². The van der Waals surface area contributed by atoms with Crippen LogP contribution in [0.4, 0.5) is 0 Å². The molecule has 1 aromatic heterocycles. The Balaban J connectivity index is 1.40. The molecule has 2 heterocycles. The largest absolute Gasteiger partial charge is 0.496 e. The number of H-pyrrole nitrogens is 1. The van der Waals surface area contributed by atoms with Crippen molar-refractivity contribution in [3.05, 3.63) is 69.8 Å². The van der Waals surface area contributed by atoms with Gasteiger partial charge in [-0.1, -0.05) is 12.1 Å². The van der Waals surface area contributed by atoms with Gasteiger partial charge in [0.05, 0.1) is 18.0 Å². The minimum Gasteiger partial charge on any atom is -0.496 e. The summed E-state index contributed by atoms with van der Waals surface area (Å²) >= 11 is 0. The van der Waals surface area contributed by atoms with Crippen LogP contribution in [-0.2, 0) is 12.8 Å². The van der Waals surface area contributed by atoms with Gasteiger partial charge in [-0.2, -0.15) is 0 Å². The third kappa shape index (κ3) is 4.52. The monoisotopic (exact) mass is 406 g/mol. The molecule has 1 aliphatic heterocycles. The Morgan fingerprint density at radius 2 is 2.13 bits per heavy atom. The first-order valence-electron chi connectivity index (χ1n) is 10.3. The van der Waals surface area contributed by atoms with Gasteiger partial charge in [0, 0.05) is 18.5 Å². The molecule has 1 aliphatic rings. The number of benzene rings is 2. The fraction of sp³-hybridized carbons (Fsp3) is 0.348. The van der Waals surface area contributed by atoms with Crippen molar-refractivity contribution in [1.82, 2.24) is 20.6 Å². The third-order valence-corrected chi connectivity index (χ3v) is 5.52. The lowest BCUT2D eigenvalue weighted by molar-refractivity contribution is 0.0954. The van der Waals surface area contributed by atoms with E-state index in [0.717, 1.165) is 37.2 Å². The number of carbonyl (C=O) groups excluding carboxylic acids is 1. The highest BCUT2D eigenvalue weighted by Crippen LogP contribution is 2.25. The fourth-order valence-corrected chi connectivity index (χ4v) is 3.93. The summed E-state index contributed by atoms with van der Waals surface area (Å²) in [4.78, 5) is 32.1. The number of carbonyl (C=O) groups is 1. The first kappa shape index (κ1) is 20.1. The number of hydrogen-bond acceptors (Lipinski definition) is 5. The molecule has 1 amide bonds. The van der Waals surface area contributed by atoms with Crippen LogP contribution in [0.5, 0.6) is 5.75 Å². The lowest BCUT2D eigenvalue weighted by Gasteiger charge is -2.14. The summed E-state index contributed by atoms with van der Waals surface area (Å²) in [5, 5.41) is 6.86. The summed E-state index contributed by atoms with van der Waals surface area (Å²) in [7, 11) is 1.66. The lowest BCUT2D eigenvalue weighted by atomic mass is 9.96. The van der Waals surface area contributed by atoms with Crippen LogP contribution in [0, 0.1) is 5.92 Å². The highest BCUT2D eigenvalue weighted by molar-refractivity contribution is 5.94. The highest BCUT2D eigenvalue weighted by atomic mass is 16.5. The van der Waals surface area contributed by atoms with Crippen molar-refractivity contribution >= 4 is 16.8 Å². The van der Waals surface area contributed by atoms with Gasteiger partial charge in [0.2, 0.25) is 0 Å². The van der Waals surface area contributed by atoms with Crippen molar-refractivity contribution < 1.29 is 9.53 Å². The number of aromatic amines is 1. The van der Waals surface area contributed by atoms with Crippen molar-refractivity contribution in [2.45, 2.75) is 19.3 Å². The molecule has 0 aliphatic carbocycles. The predicted octanol–water partition coefficient (Wildman–Crippen LogP) is 2.06. The van der Waals surface area contributed by atoms with Gasteiger partial charge in [-0.3, -0.25) is 9.59 Å². The second-order valence-corrected chi connectivity index (χ2v) is 7.63. The summed E-state index contributed by atoms with van der Waals surface area (Å²) in [6.07, 6.45) is 2.47. The molecule has 0 bridgehead atoms. The molecule has 2 aromatic carbocycles. The first-order valence-corrected chi connectivity index (χ1v) is 10.3. The van der Waals surface area contributed by atoms with Crippen LogP contribution >= 0.6 is 0 Å². The third-order valence-electron chi connectivity index (χ3n) is 5.52. The van der Waals surface area contributed by atoms with E-state index in [1.54, 1.807) is 19.2 Å². The number of para-hydroxylation sites is 1. The van der Waals surface area contributed by atoms with Crippen molar-refractivity contribution in [2.75, 3.05) is 26.7 Å². The Hall–Kier alpha value is -3.19. The first-order chi connectivity index (χ1) is 14.6. The average molecular weight is 406 g/mol. The summed E-state index contributed by atoms with van der Waals surface area (Å²) < 4.78 is 5.48. The van der Waals surface area contributed by atoms with E-state index in [1.165, 1.54) is 0 Å². The van der Waals surface area contributed by atoms with E-state index in [-0.39, 0.29) is 11.5 Å². The summed E-state index contributed by atoms with van der Waals surface area (Å²) in [5.74, 6) is 1.79. The number of aromatic nitrogens is 2. The minimum atomic E-state index is -0.164. The second-order valence-electron chi connectivity index (χ2n) is 7.63. The Morgan fingerprint density at radius 3 is 2.93 bits per heavy atom. The summed E-state index contributed by atoms with van der Waals surface area (Å²) in [6.45, 7) is 2.42. The minimum absolute atomic E-state index is 0.147. The van der Waals surface area contributed by atoms with Crippen molar-refractivity contribution in [2.24, 2.45) is 5.92 Å².